The van der Waals surface area contributed by atoms with Crippen molar-refractivity contribution in [3.63, 3.8) is 0 Å². The summed E-state index contributed by atoms with van der Waals surface area (Å²) < 4.78 is 0.366. The van der Waals surface area contributed by atoms with Gasteiger partial charge < -0.3 is 46.9 Å². The van der Waals surface area contributed by atoms with Crippen LogP contribution in [0.4, 0.5) is 0 Å². The lowest BCUT2D eigenvalue weighted by Gasteiger charge is -2.37. The summed E-state index contributed by atoms with van der Waals surface area (Å²) in [6.07, 6.45) is 3.72. The molecule has 7 N–H and O–H groups in total. The molecule has 3 aromatic rings. The third kappa shape index (κ3) is 14.2. The highest BCUT2D eigenvalue weighted by atomic mass is 35.5. The van der Waals surface area contributed by atoms with E-state index < -0.39 is 153 Å². The van der Waals surface area contributed by atoms with E-state index in [4.69, 9.17) is 11.6 Å². The molecule has 81 heavy (non-hydrogen) atoms. The van der Waals surface area contributed by atoms with Gasteiger partial charge >= 0.3 is 0 Å². The Labute approximate surface area is 473 Å². The molecule has 4 aliphatic rings. The number of hydrogen-bond acceptors (Lipinski definition) is 13. The van der Waals surface area contributed by atoms with Gasteiger partial charge in [0.25, 0.3) is 5.91 Å². The zero-order chi connectivity index (χ0) is 59.1. The number of fused-ring (bicyclic) bond motifs is 1. The molecule has 7 rings (SSSR count). The SMILES string of the molecule is C/C=C\[C@H]1C[C@H]2C(=O)N(C)[C@H](C)[C@@H](NC(=O)[C@H](C[C@@H]3C[C@H]3[N+](=O)[O-])NC(=O)c3ccc(Cl)n3O)C(=O)NC([C@H](C)c3ccccc3)C(=O)N[C@H](C[C@@H]3C[C@H]3[N+](=O)[O-])C(=O)N[C@@H]([C@H](C)c3ccccc3)C(=O)N[C@@H]([C@H](C)CC)C(=O)N2C1. The van der Waals surface area contributed by atoms with Gasteiger partial charge in [0.15, 0.2) is 0 Å². The Balaban J connectivity index is 1.35. The largest absolute Gasteiger partial charge is 0.427 e. The maximum absolute atomic E-state index is 15.4. The topological polar surface area (TPSA) is 327 Å². The summed E-state index contributed by atoms with van der Waals surface area (Å²) in [5, 5.41) is 50.6. The Morgan fingerprint density at radius 1 is 0.765 bits per heavy atom. The van der Waals surface area contributed by atoms with E-state index >= 15 is 24.0 Å². The molecule has 2 saturated carbocycles. The normalized spacial score (nSPS) is 29.0. The van der Waals surface area contributed by atoms with Crippen molar-refractivity contribution >= 4 is 58.9 Å². The molecule has 0 bridgehead atoms. The number of carbonyl (C=O) groups is 8. The van der Waals surface area contributed by atoms with Crippen LogP contribution in [0.5, 0.6) is 0 Å². The van der Waals surface area contributed by atoms with Gasteiger partial charge in [-0.15, -0.1) is 0 Å². The highest BCUT2D eigenvalue weighted by Crippen LogP contribution is 2.39. The maximum atomic E-state index is 15.4. The lowest BCUT2D eigenvalue weighted by Crippen LogP contribution is -2.64. The van der Waals surface area contributed by atoms with Crippen LogP contribution in [-0.2, 0) is 33.6 Å². The van der Waals surface area contributed by atoms with Gasteiger partial charge in [-0.2, -0.15) is 4.73 Å². The van der Waals surface area contributed by atoms with Gasteiger partial charge in [-0.25, -0.2) is 0 Å². The number of nitrogens with one attached hydrogen (secondary N) is 6. The van der Waals surface area contributed by atoms with Crippen LogP contribution in [0.1, 0.15) is 114 Å². The number of nitrogens with zero attached hydrogens (tertiary/aromatic N) is 5. The Bertz CT molecular complexity index is 2890. The predicted octanol–water partition coefficient (Wildman–Crippen LogP) is 3.32. The Hall–Kier alpha value is -7.89. The number of hydrogen-bond donors (Lipinski definition) is 7. The molecule has 2 saturated heterocycles. The van der Waals surface area contributed by atoms with E-state index in [0.717, 1.165) is 0 Å². The van der Waals surface area contributed by atoms with Crippen molar-refractivity contribution in [3.8, 4) is 0 Å². The highest BCUT2D eigenvalue weighted by molar-refractivity contribution is 6.30. The van der Waals surface area contributed by atoms with Crippen molar-refractivity contribution in [2.24, 2.45) is 23.7 Å². The molecule has 436 valence electrons. The number of amides is 8. The molecule has 8 amide bonds. The number of likely N-dealkylation sites (N-methyl/N-ethyl adjacent to an activating group) is 1. The molecule has 25 heteroatoms. The minimum atomic E-state index is -1.80. The first-order chi connectivity index (χ1) is 38.4. The van der Waals surface area contributed by atoms with Crippen LogP contribution in [0, 0.1) is 43.9 Å². The van der Waals surface area contributed by atoms with Gasteiger partial charge in [-0.1, -0.05) is 119 Å². The molecule has 24 nitrogen and oxygen atoms in total. The average molecular weight is 1140 g/mol. The third-order valence-corrected chi connectivity index (χ3v) is 16.9. The minimum Gasteiger partial charge on any atom is -0.427 e. The van der Waals surface area contributed by atoms with Crippen LogP contribution in [0.3, 0.4) is 0 Å². The summed E-state index contributed by atoms with van der Waals surface area (Å²) in [4.78, 5) is 145. The van der Waals surface area contributed by atoms with Crippen molar-refractivity contribution in [2.75, 3.05) is 13.6 Å². The number of benzene rings is 2. The maximum Gasteiger partial charge on any atom is 0.272 e. The van der Waals surface area contributed by atoms with Crippen molar-refractivity contribution in [3.05, 3.63) is 127 Å². The molecule has 0 radical (unpaired) electrons. The van der Waals surface area contributed by atoms with Gasteiger partial charge in [0.2, 0.25) is 53.4 Å². The standard InChI is InChI=1S/C56H72ClN11O13/c1-8-16-33-23-43-55(75)64(7)32(6)48(63-50(70)38(24-36-26-41(36)67(78)79)58-51(71)40-21-22-44(57)66(40)77)54(74)62-46(30(4)34-17-12-10-13-18-34)52(72)59-39(25-37-27-42(37)68(80)81)49(69)61-47(31(5)35-19-14-11-15-20-35)53(73)60-45(29(3)9-2)56(76)65(43)28-33/h8,10-22,29-33,36-39,41-43,45-48,77H,9,23-28H2,1-7H3,(H,58,71)(H,59,72)(H,60,73)(H,61,69)(H,62,74)(H,63,70)/b16-8-/t29-,30-,31-,32-,33+,36-,37-,38+,39-,41-,42-,43+,45+,46?,47+,48-/m1/s1. The molecule has 1 unspecified atom stereocenters. The van der Waals surface area contributed by atoms with Crippen LogP contribution in [0.25, 0.3) is 0 Å². The number of nitro groups is 2. The molecule has 2 aromatic carbocycles. The first-order valence-electron chi connectivity index (χ1n) is 27.4. The Morgan fingerprint density at radius 3 is 1.83 bits per heavy atom. The van der Waals surface area contributed by atoms with Crippen LogP contribution in [0.15, 0.2) is 84.9 Å². The number of aromatic nitrogens is 1. The molecule has 3 heterocycles. The van der Waals surface area contributed by atoms with Crippen LogP contribution >= 0.6 is 11.6 Å². The van der Waals surface area contributed by atoms with Gasteiger partial charge in [0, 0.05) is 60.0 Å². The minimum absolute atomic E-state index is 0.0444. The predicted molar refractivity (Wildman–Crippen MR) is 294 cm³/mol. The van der Waals surface area contributed by atoms with Gasteiger partial charge in [-0.05, 0) is 68.2 Å². The number of halogens is 1. The van der Waals surface area contributed by atoms with E-state index in [-0.39, 0.29) is 49.7 Å². The van der Waals surface area contributed by atoms with Gasteiger partial charge in [-0.3, -0.25) is 58.6 Å². The molecular formula is C56H72ClN11O13. The summed E-state index contributed by atoms with van der Waals surface area (Å²) in [6.45, 7) is 10.2. The Kier molecular flexibility index (Phi) is 19.6. The van der Waals surface area contributed by atoms with Gasteiger partial charge in [0.1, 0.15) is 53.1 Å². The van der Waals surface area contributed by atoms with E-state index in [0.29, 0.717) is 22.3 Å². The van der Waals surface area contributed by atoms with E-state index in [1.807, 2.05) is 13.0 Å². The van der Waals surface area contributed by atoms with E-state index in [9.17, 15) is 39.8 Å². The molecule has 2 aliphatic carbocycles. The first-order valence-corrected chi connectivity index (χ1v) is 27.8. The summed E-state index contributed by atoms with van der Waals surface area (Å²) in [6, 6.07) is 5.88. The van der Waals surface area contributed by atoms with Crippen molar-refractivity contribution < 1.29 is 53.4 Å². The van der Waals surface area contributed by atoms with Crippen LogP contribution in [-0.4, -0.2) is 151 Å². The summed E-state index contributed by atoms with van der Waals surface area (Å²) >= 11 is 6.01. The highest BCUT2D eigenvalue weighted by Gasteiger charge is 2.53. The molecule has 0 spiro atoms. The molecular weight excluding hydrogens is 1070 g/mol. The molecule has 1 aromatic heterocycles. The molecule has 4 fully saturated rings. The van der Waals surface area contributed by atoms with E-state index in [1.54, 1.807) is 94.4 Å². The summed E-state index contributed by atoms with van der Waals surface area (Å²) in [7, 11) is 1.37. The lowest BCUT2D eigenvalue weighted by molar-refractivity contribution is -0.498. The quantitative estimate of drug-likeness (QED) is 0.0442. The molecule has 16 atom stereocenters. The fourth-order valence-electron chi connectivity index (χ4n) is 11.0. The second-order valence-corrected chi connectivity index (χ2v) is 22.4. The zero-order valence-corrected chi connectivity index (χ0v) is 47.0. The average Bonchev–Trinajstić information content (AvgIpc) is 4.37. The number of rotatable bonds is 17. The lowest BCUT2D eigenvalue weighted by atomic mass is 9.90. The van der Waals surface area contributed by atoms with E-state index in [2.05, 4.69) is 31.9 Å². The van der Waals surface area contributed by atoms with Gasteiger partial charge in [0.05, 0.1) is 6.04 Å². The fraction of sp³-hybridized carbons (Fsp3) is 0.536. The van der Waals surface area contributed by atoms with Crippen molar-refractivity contribution in [1.29, 1.82) is 0 Å². The molecule has 2 aliphatic heterocycles. The first kappa shape index (κ1) is 60.7. The summed E-state index contributed by atoms with van der Waals surface area (Å²) in [5.74, 6) is -10.9. The Morgan fingerprint density at radius 2 is 1.31 bits per heavy atom. The fourth-order valence-corrected chi connectivity index (χ4v) is 11.2. The van der Waals surface area contributed by atoms with Crippen molar-refractivity contribution in [1.82, 2.24) is 46.4 Å². The number of carbonyl (C=O) groups excluding carboxylic acids is 8. The third-order valence-electron chi connectivity index (χ3n) is 16.7. The number of allylic oxidation sites excluding steroid dienone is 1. The van der Waals surface area contributed by atoms with Crippen LogP contribution in [0.2, 0.25) is 5.15 Å². The van der Waals surface area contributed by atoms with E-state index in [1.165, 1.54) is 35.9 Å². The smallest absolute Gasteiger partial charge is 0.272 e. The monoisotopic (exact) mass is 1140 g/mol. The second-order valence-electron chi connectivity index (χ2n) is 22.1. The zero-order valence-electron chi connectivity index (χ0n) is 46.2. The second kappa shape index (κ2) is 26.1. The summed E-state index contributed by atoms with van der Waals surface area (Å²) in [5.41, 5.74) is 0.766. The van der Waals surface area contributed by atoms with Crippen LogP contribution < -0.4 is 31.9 Å². The van der Waals surface area contributed by atoms with Crippen molar-refractivity contribution in [2.45, 2.75) is 152 Å².